The van der Waals surface area contributed by atoms with Crippen molar-refractivity contribution in [1.29, 1.82) is 0 Å². The van der Waals surface area contributed by atoms with Crippen LogP contribution in [0.15, 0.2) is 0 Å². The fraction of sp³-hybridized carbons (Fsp3) is 0.500. The third kappa shape index (κ3) is 3.04. The summed E-state index contributed by atoms with van der Waals surface area (Å²) in [7, 11) is 1.60. The minimum atomic E-state index is -0.774. The Morgan fingerprint density at radius 3 is 2.36 bits per heavy atom. The molecule has 0 bridgehead atoms. The third-order valence-electron chi connectivity index (χ3n) is 1.57. The van der Waals surface area contributed by atoms with E-state index in [0.717, 1.165) is 6.42 Å². The summed E-state index contributed by atoms with van der Waals surface area (Å²) in [4.78, 5) is 7.49. The first-order valence-corrected chi connectivity index (χ1v) is 4.77. The fourth-order valence-electron chi connectivity index (χ4n) is 0.921. The first-order valence-electron chi connectivity index (χ1n) is 4.01. The average Bonchev–Trinajstić information content (AvgIpc) is 2.14. The first kappa shape index (κ1) is 11.6. The molecule has 0 N–H and O–H groups in total. The molecule has 1 rings (SSSR count). The smallest absolute Gasteiger partial charge is 0.197 e. The summed E-state index contributed by atoms with van der Waals surface area (Å²) >= 11 is 11.0. The van der Waals surface area contributed by atoms with E-state index in [1.54, 1.807) is 7.11 Å². The Morgan fingerprint density at radius 2 is 1.86 bits per heavy atom. The SMILES string of the molecule is COCCCc1nc(Cl)c(F)c(Cl)n1. The van der Waals surface area contributed by atoms with Gasteiger partial charge in [0.15, 0.2) is 16.1 Å². The van der Waals surface area contributed by atoms with E-state index in [9.17, 15) is 4.39 Å². The Labute approximate surface area is 91.2 Å². The second-order valence-electron chi connectivity index (χ2n) is 2.63. The minimum Gasteiger partial charge on any atom is -0.385 e. The van der Waals surface area contributed by atoms with Crippen molar-refractivity contribution in [2.75, 3.05) is 13.7 Å². The van der Waals surface area contributed by atoms with Gasteiger partial charge in [-0.05, 0) is 6.42 Å². The van der Waals surface area contributed by atoms with Crippen LogP contribution in [0.2, 0.25) is 10.3 Å². The predicted octanol–water partition coefficient (Wildman–Crippen LogP) is 2.50. The Kier molecular flexibility index (Phi) is 4.51. The van der Waals surface area contributed by atoms with Crippen molar-refractivity contribution < 1.29 is 9.13 Å². The lowest BCUT2D eigenvalue weighted by Crippen LogP contribution is -2.01. The van der Waals surface area contributed by atoms with E-state index >= 15 is 0 Å². The molecule has 0 unspecified atom stereocenters. The number of aromatic nitrogens is 2. The molecule has 0 aliphatic carbocycles. The molecule has 0 aromatic carbocycles. The number of rotatable bonds is 4. The zero-order valence-electron chi connectivity index (χ0n) is 7.56. The van der Waals surface area contributed by atoms with E-state index in [-0.39, 0.29) is 10.3 Å². The van der Waals surface area contributed by atoms with Crippen LogP contribution in [0.3, 0.4) is 0 Å². The number of hydrogen-bond donors (Lipinski definition) is 0. The Balaban J connectivity index is 2.69. The zero-order chi connectivity index (χ0) is 10.6. The maximum Gasteiger partial charge on any atom is 0.197 e. The van der Waals surface area contributed by atoms with Crippen LogP contribution in [0.1, 0.15) is 12.2 Å². The molecule has 1 aromatic rings. The van der Waals surface area contributed by atoms with Gasteiger partial charge in [0, 0.05) is 20.1 Å². The molecule has 6 heteroatoms. The molecule has 0 aliphatic rings. The lowest BCUT2D eigenvalue weighted by Gasteiger charge is -2.02. The Bertz CT molecular complexity index is 299. The van der Waals surface area contributed by atoms with Crippen LogP contribution in [0, 0.1) is 5.82 Å². The van der Waals surface area contributed by atoms with Gasteiger partial charge in [-0.1, -0.05) is 23.2 Å². The van der Waals surface area contributed by atoms with E-state index in [1.807, 2.05) is 0 Å². The lowest BCUT2D eigenvalue weighted by molar-refractivity contribution is 0.194. The molecule has 0 amide bonds. The molecule has 3 nitrogen and oxygen atoms in total. The highest BCUT2D eigenvalue weighted by atomic mass is 35.5. The van der Waals surface area contributed by atoms with Gasteiger partial charge < -0.3 is 4.74 Å². The summed E-state index contributed by atoms with van der Waals surface area (Å²) in [5.41, 5.74) is 0. The van der Waals surface area contributed by atoms with Gasteiger partial charge in [-0.3, -0.25) is 0 Å². The molecule has 14 heavy (non-hydrogen) atoms. The van der Waals surface area contributed by atoms with Gasteiger partial charge in [0.05, 0.1) is 0 Å². The van der Waals surface area contributed by atoms with Crippen molar-refractivity contribution in [3.05, 3.63) is 21.9 Å². The molecule has 0 radical (unpaired) electrons. The highest BCUT2D eigenvalue weighted by Crippen LogP contribution is 2.18. The first-order chi connectivity index (χ1) is 6.65. The van der Waals surface area contributed by atoms with Crippen LogP contribution >= 0.6 is 23.2 Å². The van der Waals surface area contributed by atoms with Crippen molar-refractivity contribution >= 4 is 23.2 Å². The Hall–Kier alpha value is -0.450. The largest absolute Gasteiger partial charge is 0.385 e. The van der Waals surface area contributed by atoms with Crippen LogP contribution < -0.4 is 0 Å². The Morgan fingerprint density at radius 1 is 1.29 bits per heavy atom. The van der Waals surface area contributed by atoms with Crippen molar-refractivity contribution in [3.8, 4) is 0 Å². The van der Waals surface area contributed by atoms with E-state index < -0.39 is 5.82 Å². The summed E-state index contributed by atoms with van der Waals surface area (Å²) in [5, 5.41) is -0.477. The number of ether oxygens (including phenoxy) is 1. The minimum absolute atomic E-state index is 0.239. The highest BCUT2D eigenvalue weighted by Gasteiger charge is 2.10. The number of aryl methyl sites for hydroxylation is 1. The molecule has 0 saturated heterocycles. The van der Waals surface area contributed by atoms with E-state index in [2.05, 4.69) is 9.97 Å². The summed E-state index contributed by atoms with van der Waals surface area (Å²) in [6.07, 6.45) is 1.31. The number of methoxy groups -OCH3 is 1. The molecule has 0 atom stereocenters. The van der Waals surface area contributed by atoms with Crippen molar-refractivity contribution in [1.82, 2.24) is 9.97 Å². The van der Waals surface area contributed by atoms with Crippen LogP contribution in [0.5, 0.6) is 0 Å². The number of hydrogen-bond acceptors (Lipinski definition) is 3. The zero-order valence-corrected chi connectivity index (χ0v) is 9.07. The highest BCUT2D eigenvalue weighted by molar-refractivity contribution is 6.33. The van der Waals surface area contributed by atoms with Crippen molar-refractivity contribution in [2.45, 2.75) is 12.8 Å². The van der Waals surface area contributed by atoms with Gasteiger partial charge in [0.25, 0.3) is 0 Å². The molecule has 0 saturated carbocycles. The third-order valence-corrected chi connectivity index (χ3v) is 2.07. The van der Waals surface area contributed by atoms with Crippen molar-refractivity contribution in [3.63, 3.8) is 0 Å². The molecule has 0 fully saturated rings. The lowest BCUT2D eigenvalue weighted by atomic mass is 10.3. The maximum absolute atomic E-state index is 12.9. The van der Waals surface area contributed by atoms with Gasteiger partial charge in [-0.2, -0.15) is 0 Å². The molecule has 78 valence electrons. The molecule has 1 heterocycles. The van der Waals surface area contributed by atoms with Crippen molar-refractivity contribution in [2.24, 2.45) is 0 Å². The number of nitrogens with zero attached hydrogens (tertiary/aromatic N) is 2. The normalized spacial score (nSPS) is 10.6. The van der Waals surface area contributed by atoms with Crippen LogP contribution in [0.4, 0.5) is 4.39 Å². The maximum atomic E-state index is 12.9. The fourth-order valence-corrected chi connectivity index (χ4v) is 1.34. The number of halogens is 3. The molecule has 1 aromatic heterocycles. The van der Waals surface area contributed by atoms with Gasteiger partial charge in [0.2, 0.25) is 0 Å². The van der Waals surface area contributed by atoms with Crippen LogP contribution in [-0.2, 0) is 11.2 Å². The van der Waals surface area contributed by atoms with Gasteiger partial charge in [-0.25, -0.2) is 14.4 Å². The second-order valence-corrected chi connectivity index (χ2v) is 3.35. The molecular formula is C8H9Cl2FN2O. The van der Waals surface area contributed by atoms with Crippen LogP contribution in [0.25, 0.3) is 0 Å². The van der Waals surface area contributed by atoms with Gasteiger partial charge >= 0.3 is 0 Å². The van der Waals surface area contributed by atoms with Gasteiger partial charge in [-0.15, -0.1) is 0 Å². The molecule has 0 spiro atoms. The van der Waals surface area contributed by atoms with Gasteiger partial charge in [0.1, 0.15) is 5.82 Å². The quantitative estimate of drug-likeness (QED) is 0.598. The van der Waals surface area contributed by atoms with E-state index in [0.29, 0.717) is 18.9 Å². The summed E-state index contributed by atoms with van der Waals surface area (Å²) in [5.74, 6) is -0.345. The topological polar surface area (TPSA) is 35.0 Å². The van der Waals surface area contributed by atoms with E-state index in [4.69, 9.17) is 27.9 Å². The molecule has 0 aliphatic heterocycles. The second kappa shape index (κ2) is 5.44. The van der Waals surface area contributed by atoms with E-state index in [1.165, 1.54) is 0 Å². The monoisotopic (exact) mass is 238 g/mol. The standard InChI is InChI=1S/C8H9Cl2FN2O/c1-14-4-2-3-5-12-7(9)6(11)8(10)13-5/h2-4H2,1H3. The van der Waals surface area contributed by atoms with Crippen LogP contribution in [-0.4, -0.2) is 23.7 Å². The molecular weight excluding hydrogens is 230 g/mol. The predicted molar refractivity (Wildman–Crippen MR) is 52.2 cm³/mol. The summed E-state index contributed by atoms with van der Waals surface area (Å²) in [6, 6.07) is 0. The average molecular weight is 239 g/mol. The summed E-state index contributed by atoms with van der Waals surface area (Å²) in [6.45, 7) is 0.593. The summed E-state index contributed by atoms with van der Waals surface area (Å²) < 4.78 is 17.7.